The van der Waals surface area contributed by atoms with Gasteiger partial charge < -0.3 is 4.74 Å². The van der Waals surface area contributed by atoms with Gasteiger partial charge in [-0.25, -0.2) is 0 Å². The van der Waals surface area contributed by atoms with Gasteiger partial charge in [0.2, 0.25) is 0 Å². The summed E-state index contributed by atoms with van der Waals surface area (Å²) in [6.07, 6.45) is 0.660. The number of esters is 1. The molecule has 0 spiro atoms. The molecule has 0 saturated heterocycles. The summed E-state index contributed by atoms with van der Waals surface area (Å²) in [6.45, 7) is 0. The Morgan fingerprint density at radius 2 is 2.08 bits per heavy atom. The number of carbonyl (C=O) groups excluding carboxylic acids is 1. The highest BCUT2D eigenvalue weighted by atomic mass is 79.9. The van der Waals surface area contributed by atoms with Crippen LogP contribution in [-0.2, 0) is 16.0 Å². The highest BCUT2D eigenvalue weighted by Gasteiger charge is 2.14. The fraction of sp³-hybridized carbons (Fsp3) is 0.300. The van der Waals surface area contributed by atoms with Crippen molar-refractivity contribution in [3.8, 4) is 0 Å². The molecule has 0 bridgehead atoms. The second-order valence-corrected chi connectivity index (χ2v) is 3.79. The van der Waals surface area contributed by atoms with Crippen LogP contribution in [0.1, 0.15) is 5.56 Å². The molecule has 2 nitrogen and oxygen atoms in total. The van der Waals surface area contributed by atoms with Gasteiger partial charge in [0.25, 0.3) is 0 Å². The van der Waals surface area contributed by atoms with Crippen molar-refractivity contribution in [1.29, 1.82) is 0 Å². The first-order valence-corrected chi connectivity index (χ1v) is 4.91. The molecule has 0 heterocycles. The molecule has 0 aliphatic heterocycles. The quantitative estimate of drug-likeness (QED) is 0.600. The molecule has 1 rings (SSSR count). The Morgan fingerprint density at radius 3 is 2.62 bits per heavy atom. The van der Waals surface area contributed by atoms with Crippen LogP contribution in [0.25, 0.3) is 0 Å². The van der Waals surface area contributed by atoms with E-state index in [9.17, 15) is 4.79 Å². The van der Waals surface area contributed by atoms with Crippen LogP contribution < -0.4 is 0 Å². The van der Waals surface area contributed by atoms with Gasteiger partial charge in [-0.1, -0.05) is 46.3 Å². The molecule has 0 radical (unpaired) electrons. The van der Waals surface area contributed by atoms with Gasteiger partial charge in [-0.05, 0) is 12.0 Å². The lowest BCUT2D eigenvalue weighted by atomic mass is 10.1. The first kappa shape index (κ1) is 10.3. The van der Waals surface area contributed by atoms with Gasteiger partial charge in [0, 0.05) is 0 Å². The van der Waals surface area contributed by atoms with Crippen molar-refractivity contribution in [1.82, 2.24) is 0 Å². The van der Waals surface area contributed by atoms with Crippen LogP contribution in [0, 0.1) is 0 Å². The monoisotopic (exact) mass is 242 g/mol. The fourth-order valence-electron chi connectivity index (χ4n) is 1.03. The van der Waals surface area contributed by atoms with Crippen molar-refractivity contribution in [2.45, 2.75) is 11.2 Å². The Bertz CT molecular complexity index is 272. The summed E-state index contributed by atoms with van der Waals surface area (Å²) in [5, 5.41) is 0. The fourth-order valence-corrected chi connectivity index (χ4v) is 1.59. The number of hydrogen-bond acceptors (Lipinski definition) is 2. The summed E-state index contributed by atoms with van der Waals surface area (Å²) >= 11 is 3.27. The van der Waals surface area contributed by atoms with E-state index in [0.29, 0.717) is 6.42 Å². The zero-order valence-corrected chi connectivity index (χ0v) is 8.95. The Labute approximate surface area is 86.0 Å². The van der Waals surface area contributed by atoms with E-state index in [1.54, 1.807) is 0 Å². The van der Waals surface area contributed by atoms with Gasteiger partial charge in [-0.15, -0.1) is 0 Å². The average molecular weight is 243 g/mol. The molecule has 70 valence electrons. The summed E-state index contributed by atoms with van der Waals surface area (Å²) in [4.78, 5) is 10.8. The number of alkyl halides is 1. The molecular weight excluding hydrogens is 232 g/mol. The maximum Gasteiger partial charge on any atom is 0.319 e. The van der Waals surface area contributed by atoms with Crippen molar-refractivity contribution < 1.29 is 9.53 Å². The van der Waals surface area contributed by atoms with E-state index in [1.165, 1.54) is 7.11 Å². The number of methoxy groups -OCH3 is 1. The van der Waals surface area contributed by atoms with E-state index in [4.69, 9.17) is 0 Å². The second kappa shape index (κ2) is 5.02. The molecule has 0 fully saturated rings. The number of hydrogen-bond donors (Lipinski definition) is 0. The van der Waals surface area contributed by atoms with E-state index < -0.39 is 0 Å². The topological polar surface area (TPSA) is 26.3 Å². The third kappa shape index (κ3) is 3.19. The average Bonchev–Trinajstić information content (AvgIpc) is 2.18. The van der Waals surface area contributed by atoms with Crippen LogP contribution in [0.3, 0.4) is 0 Å². The Kier molecular flexibility index (Phi) is 3.96. The van der Waals surface area contributed by atoms with Gasteiger partial charge in [-0.2, -0.15) is 0 Å². The zero-order valence-electron chi connectivity index (χ0n) is 7.37. The smallest absolute Gasteiger partial charge is 0.319 e. The number of ether oxygens (including phenoxy) is 1. The van der Waals surface area contributed by atoms with Gasteiger partial charge in [-0.3, -0.25) is 4.79 Å². The first-order valence-electron chi connectivity index (χ1n) is 4.00. The Morgan fingerprint density at radius 1 is 1.46 bits per heavy atom. The highest BCUT2D eigenvalue weighted by molar-refractivity contribution is 9.10. The maximum absolute atomic E-state index is 11.0. The van der Waals surface area contributed by atoms with Gasteiger partial charge >= 0.3 is 5.97 Å². The summed E-state index contributed by atoms with van der Waals surface area (Å²) in [5.41, 5.74) is 1.12. The second-order valence-electron chi connectivity index (χ2n) is 2.68. The Hall–Kier alpha value is -0.830. The predicted octanol–water partition coefficient (Wildman–Crippen LogP) is 2.17. The molecule has 0 N–H and O–H groups in total. The largest absolute Gasteiger partial charge is 0.468 e. The zero-order chi connectivity index (χ0) is 9.68. The summed E-state index contributed by atoms with van der Waals surface area (Å²) in [5.74, 6) is -0.233. The van der Waals surface area contributed by atoms with Gasteiger partial charge in [0.05, 0.1) is 7.11 Å². The molecular formula is C10H11BrO2. The number of carbonyl (C=O) groups is 1. The minimum Gasteiger partial charge on any atom is -0.468 e. The number of rotatable bonds is 3. The predicted molar refractivity (Wildman–Crippen MR) is 54.9 cm³/mol. The third-order valence-electron chi connectivity index (χ3n) is 1.71. The summed E-state index contributed by atoms with van der Waals surface area (Å²) in [6, 6.07) is 9.82. The molecule has 13 heavy (non-hydrogen) atoms. The maximum atomic E-state index is 11.0. The van der Waals surface area contributed by atoms with Crippen LogP contribution in [0.5, 0.6) is 0 Å². The summed E-state index contributed by atoms with van der Waals surface area (Å²) in [7, 11) is 1.39. The molecule has 0 aliphatic carbocycles. The number of benzene rings is 1. The molecule has 0 saturated carbocycles. The molecule has 0 amide bonds. The van der Waals surface area contributed by atoms with Crippen LogP contribution in [0.4, 0.5) is 0 Å². The lowest BCUT2D eigenvalue weighted by Crippen LogP contribution is -2.17. The van der Waals surface area contributed by atoms with Crippen LogP contribution in [0.2, 0.25) is 0 Å². The molecule has 1 aromatic carbocycles. The van der Waals surface area contributed by atoms with Crippen molar-refractivity contribution in [2.75, 3.05) is 7.11 Å². The van der Waals surface area contributed by atoms with Crippen LogP contribution in [0.15, 0.2) is 30.3 Å². The molecule has 1 atom stereocenters. The number of halogens is 1. The van der Waals surface area contributed by atoms with Crippen molar-refractivity contribution >= 4 is 21.9 Å². The van der Waals surface area contributed by atoms with E-state index in [-0.39, 0.29) is 10.8 Å². The van der Waals surface area contributed by atoms with E-state index in [2.05, 4.69) is 20.7 Å². The molecule has 1 aromatic rings. The molecule has 0 aliphatic rings. The van der Waals surface area contributed by atoms with Gasteiger partial charge in [0.15, 0.2) is 0 Å². The van der Waals surface area contributed by atoms with Gasteiger partial charge in [0.1, 0.15) is 4.83 Å². The summed E-state index contributed by atoms with van der Waals surface area (Å²) < 4.78 is 4.60. The van der Waals surface area contributed by atoms with E-state index in [0.717, 1.165) is 5.56 Å². The minimum absolute atomic E-state index is 0.233. The highest BCUT2D eigenvalue weighted by Crippen LogP contribution is 2.10. The normalized spacial score (nSPS) is 12.2. The molecule has 0 unspecified atom stereocenters. The molecule has 3 heteroatoms. The van der Waals surface area contributed by atoms with Crippen molar-refractivity contribution in [2.24, 2.45) is 0 Å². The van der Waals surface area contributed by atoms with E-state index >= 15 is 0 Å². The first-order chi connectivity index (χ1) is 6.24. The van der Waals surface area contributed by atoms with Crippen LogP contribution in [-0.4, -0.2) is 17.9 Å². The SMILES string of the molecule is COC(=O)[C@H](Br)Cc1ccccc1. The van der Waals surface area contributed by atoms with Crippen molar-refractivity contribution in [3.63, 3.8) is 0 Å². The lowest BCUT2D eigenvalue weighted by molar-refractivity contribution is -0.139. The van der Waals surface area contributed by atoms with Crippen LogP contribution >= 0.6 is 15.9 Å². The Balaban J connectivity index is 2.55. The third-order valence-corrected chi connectivity index (χ3v) is 2.41. The van der Waals surface area contributed by atoms with E-state index in [1.807, 2.05) is 30.3 Å². The minimum atomic E-state index is -0.250. The lowest BCUT2D eigenvalue weighted by Gasteiger charge is -2.06. The molecule has 0 aromatic heterocycles. The van der Waals surface area contributed by atoms with Crippen molar-refractivity contribution in [3.05, 3.63) is 35.9 Å². The standard InChI is InChI=1S/C10H11BrO2/c1-13-10(12)9(11)7-8-5-3-2-4-6-8/h2-6,9H,7H2,1H3/t9-/m1/s1.